The van der Waals surface area contributed by atoms with Gasteiger partial charge in [0.15, 0.2) is 5.78 Å². The van der Waals surface area contributed by atoms with Gasteiger partial charge in [-0.1, -0.05) is 104 Å². The van der Waals surface area contributed by atoms with E-state index < -0.39 is 0 Å². The lowest BCUT2D eigenvalue weighted by molar-refractivity contribution is -0.00467. The summed E-state index contributed by atoms with van der Waals surface area (Å²) in [6.07, 6.45) is 6.93. The fraction of sp³-hybridized carbons (Fsp3) is 0.714. The van der Waals surface area contributed by atoms with Gasteiger partial charge in [0.05, 0.1) is 5.84 Å². The van der Waals surface area contributed by atoms with Crippen LogP contribution in [-0.4, -0.2) is 17.0 Å². The summed E-state index contributed by atoms with van der Waals surface area (Å²) in [7, 11) is 0. The van der Waals surface area contributed by atoms with Gasteiger partial charge in [-0.25, -0.2) is 0 Å². The molecule has 4 heteroatoms. The lowest BCUT2D eigenvalue weighted by atomic mass is 9.54. The third-order valence-corrected chi connectivity index (χ3v) is 9.86. The van der Waals surface area contributed by atoms with Crippen LogP contribution in [0.15, 0.2) is 28.1 Å². The zero-order valence-electron chi connectivity index (χ0n) is 21.8. The fourth-order valence-corrected chi connectivity index (χ4v) is 7.10. The molecule has 0 aromatic heterocycles. The number of aliphatic imine (C=N–C) groups is 1. The molecule has 1 aliphatic rings. The first kappa shape index (κ1) is 27.0. The van der Waals surface area contributed by atoms with Crippen LogP contribution in [0.25, 0.3) is 0 Å². The van der Waals surface area contributed by atoms with Crippen molar-refractivity contribution in [1.82, 2.24) is 0 Å². The predicted molar refractivity (Wildman–Crippen MR) is 141 cm³/mol. The van der Waals surface area contributed by atoms with E-state index in [-0.39, 0.29) is 22.0 Å². The van der Waals surface area contributed by atoms with Gasteiger partial charge in [0.1, 0.15) is 5.37 Å². The number of aryl methyl sites for hydroxylation is 1. The topological polar surface area (TPSA) is 55.5 Å². The van der Waals surface area contributed by atoms with Crippen LogP contribution in [0.2, 0.25) is 0 Å². The molecular weight excluding hydrogens is 412 g/mol. The summed E-state index contributed by atoms with van der Waals surface area (Å²) < 4.78 is 0. The molecule has 2 rings (SSSR count). The van der Waals surface area contributed by atoms with Gasteiger partial charge in [-0.2, -0.15) is 0 Å². The molecule has 0 fully saturated rings. The van der Waals surface area contributed by atoms with E-state index in [0.29, 0.717) is 18.3 Å². The first-order valence-corrected chi connectivity index (χ1v) is 13.5. The van der Waals surface area contributed by atoms with Crippen LogP contribution in [0.4, 0.5) is 0 Å². The molecule has 0 bridgehead atoms. The first-order valence-electron chi connectivity index (χ1n) is 12.7. The Morgan fingerprint density at radius 1 is 1.28 bits per heavy atom. The van der Waals surface area contributed by atoms with Crippen LogP contribution >= 0.6 is 11.8 Å². The number of rotatable bonds is 10. The second-order valence-corrected chi connectivity index (χ2v) is 11.7. The van der Waals surface area contributed by atoms with Gasteiger partial charge in [-0.05, 0) is 36.2 Å². The van der Waals surface area contributed by atoms with Crippen LogP contribution in [0.5, 0.6) is 0 Å². The number of thioether (sulfide) groups is 1. The molecule has 1 heterocycles. The zero-order chi connectivity index (χ0) is 24.1. The molecule has 180 valence electrons. The maximum atomic E-state index is 13.7. The van der Waals surface area contributed by atoms with Gasteiger partial charge < -0.3 is 5.73 Å². The van der Waals surface area contributed by atoms with Gasteiger partial charge in [-0.15, -0.1) is 0 Å². The van der Waals surface area contributed by atoms with Crippen molar-refractivity contribution in [3.63, 3.8) is 0 Å². The highest BCUT2D eigenvalue weighted by Crippen LogP contribution is 2.59. The molecule has 0 saturated heterocycles. The lowest BCUT2D eigenvalue weighted by Crippen LogP contribution is -2.49. The van der Waals surface area contributed by atoms with Gasteiger partial charge >= 0.3 is 0 Å². The SMILES string of the molecule is CCCC(C)[C@@](C)(CCC)C1(C)CC(=O)c2cccc(C)c2SC1N=C(N)CC(C)CC. The Morgan fingerprint density at radius 3 is 2.56 bits per heavy atom. The van der Waals surface area contributed by atoms with Crippen molar-refractivity contribution in [3.8, 4) is 0 Å². The smallest absolute Gasteiger partial charge is 0.164 e. The average molecular weight is 459 g/mol. The zero-order valence-corrected chi connectivity index (χ0v) is 22.6. The summed E-state index contributed by atoms with van der Waals surface area (Å²) in [5.41, 5.74) is 8.27. The molecule has 1 aromatic carbocycles. The van der Waals surface area contributed by atoms with E-state index in [1.54, 1.807) is 11.8 Å². The van der Waals surface area contributed by atoms with E-state index in [4.69, 9.17) is 10.7 Å². The number of ketones is 1. The van der Waals surface area contributed by atoms with E-state index in [9.17, 15) is 4.79 Å². The number of hydrogen-bond acceptors (Lipinski definition) is 3. The minimum absolute atomic E-state index is 0.0127. The van der Waals surface area contributed by atoms with Crippen molar-refractivity contribution in [1.29, 1.82) is 0 Å². The van der Waals surface area contributed by atoms with Crippen molar-refractivity contribution >= 4 is 23.4 Å². The van der Waals surface area contributed by atoms with E-state index in [1.165, 1.54) is 0 Å². The standard InChI is InChI=1S/C28H46N2OS/c1-9-13-21(6)27(7,16-10-2)28(8)18-23(31)22-15-12-14-20(5)25(22)32-26(28)30-24(29)17-19(4)11-3/h12,14-15,19,21,26H,9-11,13,16-18H2,1-8H3,(H2,29,30)/t19?,21?,26?,27-,28?/m1/s1. The number of amidine groups is 1. The Labute approximate surface area is 201 Å². The molecule has 0 spiro atoms. The number of carbonyl (C=O) groups is 1. The van der Waals surface area contributed by atoms with E-state index in [0.717, 1.165) is 60.4 Å². The van der Waals surface area contributed by atoms with Gasteiger partial charge in [0, 0.05) is 28.7 Å². The van der Waals surface area contributed by atoms with Gasteiger partial charge in [-0.3, -0.25) is 9.79 Å². The van der Waals surface area contributed by atoms with Crippen molar-refractivity contribution < 1.29 is 4.79 Å². The van der Waals surface area contributed by atoms with Crippen LogP contribution < -0.4 is 5.73 Å². The molecule has 4 unspecified atom stereocenters. The Kier molecular flexibility index (Phi) is 9.46. The first-order chi connectivity index (χ1) is 15.0. The summed E-state index contributed by atoms with van der Waals surface area (Å²) in [5.74, 6) is 2.00. The highest BCUT2D eigenvalue weighted by Gasteiger charge is 2.54. The fourth-order valence-electron chi connectivity index (χ4n) is 5.51. The van der Waals surface area contributed by atoms with Crippen LogP contribution in [0.1, 0.15) is 109 Å². The van der Waals surface area contributed by atoms with Crippen LogP contribution in [0.3, 0.4) is 0 Å². The highest BCUT2D eigenvalue weighted by molar-refractivity contribution is 8.00. The monoisotopic (exact) mass is 458 g/mol. The number of nitrogens with two attached hydrogens (primary N) is 1. The number of Topliss-reactive ketones (excluding diaryl/α,β-unsaturated/α-hetero) is 1. The minimum Gasteiger partial charge on any atom is -0.387 e. The van der Waals surface area contributed by atoms with E-state index in [1.807, 2.05) is 12.1 Å². The molecule has 2 N–H and O–H groups in total. The number of hydrogen-bond donors (Lipinski definition) is 1. The summed E-state index contributed by atoms with van der Waals surface area (Å²) in [5, 5.41) is -0.0753. The molecule has 0 radical (unpaired) electrons. The molecule has 0 aliphatic carbocycles. The average Bonchev–Trinajstić information content (AvgIpc) is 2.84. The third-order valence-electron chi connectivity index (χ3n) is 8.24. The molecule has 5 atom stereocenters. The van der Waals surface area contributed by atoms with Gasteiger partial charge in [0.2, 0.25) is 0 Å². The van der Waals surface area contributed by atoms with Crippen molar-refractivity contribution in [3.05, 3.63) is 29.3 Å². The van der Waals surface area contributed by atoms with Crippen LogP contribution in [0, 0.1) is 29.6 Å². The Bertz CT molecular complexity index is 820. The second kappa shape index (κ2) is 11.2. The summed E-state index contributed by atoms with van der Waals surface area (Å²) in [4.78, 5) is 20.0. The number of fused-ring (bicyclic) bond motifs is 1. The van der Waals surface area contributed by atoms with Crippen molar-refractivity contribution in [2.75, 3.05) is 0 Å². The molecule has 0 saturated carbocycles. The molecule has 1 aromatic rings. The number of carbonyl (C=O) groups excluding carboxylic acids is 1. The highest BCUT2D eigenvalue weighted by atomic mass is 32.2. The molecule has 3 nitrogen and oxygen atoms in total. The lowest BCUT2D eigenvalue weighted by Gasteiger charge is -2.52. The molecular formula is C28H46N2OS. The predicted octanol–water partition coefficient (Wildman–Crippen LogP) is 8.04. The molecule has 32 heavy (non-hydrogen) atoms. The molecule has 0 amide bonds. The summed E-state index contributed by atoms with van der Waals surface area (Å²) in [6, 6.07) is 6.12. The number of benzene rings is 1. The van der Waals surface area contributed by atoms with Gasteiger partial charge in [0.25, 0.3) is 0 Å². The molecule has 1 aliphatic heterocycles. The Hall–Kier alpha value is -1.29. The van der Waals surface area contributed by atoms with Crippen molar-refractivity contribution in [2.45, 2.75) is 111 Å². The summed E-state index contributed by atoms with van der Waals surface area (Å²) in [6.45, 7) is 18.2. The Balaban J connectivity index is 2.68. The van der Waals surface area contributed by atoms with Crippen molar-refractivity contribution in [2.24, 2.45) is 33.4 Å². The van der Waals surface area contributed by atoms with E-state index in [2.05, 4.69) is 61.5 Å². The summed E-state index contributed by atoms with van der Waals surface area (Å²) >= 11 is 1.78. The maximum Gasteiger partial charge on any atom is 0.164 e. The van der Waals surface area contributed by atoms with Crippen LogP contribution in [-0.2, 0) is 0 Å². The number of nitrogens with zero attached hydrogens (tertiary/aromatic N) is 1. The largest absolute Gasteiger partial charge is 0.387 e. The quantitative estimate of drug-likeness (QED) is 0.285. The third kappa shape index (κ3) is 5.43. The Morgan fingerprint density at radius 2 is 1.97 bits per heavy atom. The second-order valence-electron chi connectivity index (χ2n) is 10.6. The normalized spacial score (nSPS) is 25.6. The van der Waals surface area contributed by atoms with E-state index >= 15 is 0 Å². The minimum atomic E-state index is -0.287. The maximum absolute atomic E-state index is 13.7.